The molecule has 2 aromatic carbocycles. The van der Waals surface area contributed by atoms with E-state index in [0.717, 1.165) is 27.6 Å². The van der Waals surface area contributed by atoms with Crippen molar-refractivity contribution in [3.8, 4) is 11.1 Å². The fourth-order valence-electron chi connectivity index (χ4n) is 2.92. The fourth-order valence-corrected chi connectivity index (χ4v) is 3.11. The van der Waals surface area contributed by atoms with Crippen LogP contribution < -0.4 is 11.1 Å². The second kappa shape index (κ2) is 6.11. The van der Waals surface area contributed by atoms with Crippen molar-refractivity contribution >= 4 is 39.8 Å². The van der Waals surface area contributed by atoms with Crippen molar-refractivity contribution in [1.29, 1.82) is 0 Å². The molecular weight excluding hydrogens is 334 g/mol. The first-order valence-electron chi connectivity index (χ1n) is 7.85. The van der Waals surface area contributed by atoms with Crippen LogP contribution in [0.3, 0.4) is 0 Å². The summed E-state index contributed by atoms with van der Waals surface area (Å²) in [5, 5.41) is 13.0. The smallest absolute Gasteiger partial charge is 0.153 e. The highest BCUT2D eigenvalue weighted by Gasteiger charge is 2.15. The number of nitrogens with one attached hydrogen (secondary N) is 2. The minimum atomic E-state index is 0.469. The molecule has 2 aromatic heterocycles. The highest BCUT2D eigenvalue weighted by atomic mass is 35.5. The number of anilines is 3. The second-order valence-corrected chi connectivity index (χ2v) is 6.27. The zero-order valence-corrected chi connectivity index (χ0v) is 14.3. The maximum Gasteiger partial charge on any atom is 0.153 e. The molecule has 6 heteroatoms. The van der Waals surface area contributed by atoms with Gasteiger partial charge >= 0.3 is 0 Å². The first-order valence-corrected chi connectivity index (χ1v) is 8.23. The average molecular weight is 350 g/mol. The lowest BCUT2D eigenvalue weighted by atomic mass is 9.99. The molecule has 25 heavy (non-hydrogen) atoms. The van der Waals surface area contributed by atoms with Crippen molar-refractivity contribution < 1.29 is 0 Å². The zero-order chi connectivity index (χ0) is 17.4. The van der Waals surface area contributed by atoms with Crippen LogP contribution in [0.1, 0.15) is 5.69 Å². The Labute approximate surface area is 149 Å². The van der Waals surface area contributed by atoms with Crippen LogP contribution in [0.15, 0.2) is 54.6 Å². The summed E-state index contributed by atoms with van der Waals surface area (Å²) < 4.78 is 0. The van der Waals surface area contributed by atoms with E-state index < -0.39 is 0 Å². The van der Waals surface area contributed by atoms with Gasteiger partial charge in [0.05, 0.1) is 0 Å². The molecule has 0 spiro atoms. The number of nitrogen functional groups attached to an aromatic ring is 1. The largest absolute Gasteiger partial charge is 0.383 e. The Kier molecular flexibility index (Phi) is 3.78. The Morgan fingerprint density at radius 1 is 1.04 bits per heavy atom. The van der Waals surface area contributed by atoms with Gasteiger partial charge in [-0.1, -0.05) is 48.0 Å². The van der Waals surface area contributed by atoms with Crippen LogP contribution in [0, 0.1) is 6.92 Å². The molecule has 0 fully saturated rings. The number of pyridine rings is 1. The van der Waals surface area contributed by atoms with E-state index >= 15 is 0 Å². The molecule has 124 valence electrons. The molecule has 0 aliphatic heterocycles. The van der Waals surface area contributed by atoms with Gasteiger partial charge in [-0.3, -0.25) is 5.10 Å². The fraction of sp³-hybridized carbons (Fsp3) is 0.0526. The minimum Gasteiger partial charge on any atom is -0.383 e. The van der Waals surface area contributed by atoms with Crippen molar-refractivity contribution in [1.82, 2.24) is 15.2 Å². The predicted molar refractivity (Wildman–Crippen MR) is 103 cm³/mol. The van der Waals surface area contributed by atoms with Crippen LogP contribution in [0.25, 0.3) is 21.9 Å². The molecule has 2 heterocycles. The van der Waals surface area contributed by atoms with Gasteiger partial charge in [0.15, 0.2) is 5.82 Å². The molecule has 5 nitrogen and oxygen atoms in total. The zero-order valence-electron chi connectivity index (χ0n) is 13.5. The normalized spacial score (nSPS) is 11.0. The number of fused-ring (bicyclic) bond motifs is 1. The third-order valence-corrected chi connectivity index (χ3v) is 4.24. The van der Waals surface area contributed by atoms with E-state index in [0.29, 0.717) is 22.5 Å². The molecule has 4 aromatic rings. The van der Waals surface area contributed by atoms with Crippen LogP contribution >= 0.6 is 11.6 Å². The van der Waals surface area contributed by atoms with Gasteiger partial charge in [-0.25, -0.2) is 4.98 Å². The maximum absolute atomic E-state index is 6.21. The third kappa shape index (κ3) is 2.90. The van der Waals surface area contributed by atoms with E-state index in [2.05, 4.69) is 20.5 Å². The van der Waals surface area contributed by atoms with Gasteiger partial charge < -0.3 is 11.1 Å². The van der Waals surface area contributed by atoms with Crippen LogP contribution in [0.4, 0.5) is 17.5 Å². The maximum atomic E-state index is 6.21. The molecule has 0 saturated heterocycles. The number of nitrogens with zero attached hydrogens (tertiary/aromatic N) is 2. The Morgan fingerprint density at radius 2 is 1.84 bits per heavy atom. The predicted octanol–water partition coefficient (Wildman–Crippen LogP) is 4.91. The topological polar surface area (TPSA) is 79.6 Å². The average Bonchev–Trinajstić information content (AvgIpc) is 3.00. The minimum absolute atomic E-state index is 0.469. The van der Waals surface area contributed by atoms with Gasteiger partial charge in [0.1, 0.15) is 11.6 Å². The molecule has 0 saturated carbocycles. The second-order valence-electron chi connectivity index (χ2n) is 5.84. The Balaban J connectivity index is 1.99. The van der Waals surface area contributed by atoms with Gasteiger partial charge in [0, 0.05) is 27.7 Å². The number of benzene rings is 2. The van der Waals surface area contributed by atoms with Crippen LogP contribution in [0.2, 0.25) is 5.02 Å². The molecule has 0 aliphatic rings. The van der Waals surface area contributed by atoms with Gasteiger partial charge in [-0.2, -0.15) is 5.10 Å². The molecule has 4 N–H and O–H groups in total. The highest BCUT2D eigenvalue weighted by molar-refractivity contribution is 6.31. The lowest BCUT2D eigenvalue weighted by Crippen LogP contribution is -2.02. The summed E-state index contributed by atoms with van der Waals surface area (Å²) in [5.41, 5.74) is 9.05. The van der Waals surface area contributed by atoms with Crippen LogP contribution in [0.5, 0.6) is 0 Å². The highest BCUT2D eigenvalue weighted by Crippen LogP contribution is 2.38. The number of rotatable bonds is 3. The van der Waals surface area contributed by atoms with Gasteiger partial charge in [0.25, 0.3) is 0 Å². The molecule has 0 atom stereocenters. The SMILES string of the molecule is Cc1cc(Nc2nc(N)c3ccccc3c2-c2cccc(Cl)c2)n[nH]1. The quantitative estimate of drug-likeness (QED) is 0.491. The molecule has 0 unspecified atom stereocenters. The lowest BCUT2D eigenvalue weighted by molar-refractivity contribution is 1.05. The standard InChI is InChI=1S/C19H16ClN5/c1-11-9-16(25-24-11)22-19-17(12-5-4-6-13(20)10-12)14-7-2-3-8-15(14)18(21)23-19/h2-10H,1H3,(H4,21,22,23,24,25). The van der Waals surface area contributed by atoms with Crippen molar-refractivity contribution in [3.63, 3.8) is 0 Å². The van der Waals surface area contributed by atoms with E-state index in [1.54, 1.807) is 0 Å². The summed E-state index contributed by atoms with van der Waals surface area (Å²) >= 11 is 6.21. The van der Waals surface area contributed by atoms with Crippen LogP contribution in [-0.4, -0.2) is 15.2 Å². The van der Waals surface area contributed by atoms with E-state index in [9.17, 15) is 0 Å². The number of H-pyrrole nitrogens is 1. The number of aromatic amines is 1. The van der Waals surface area contributed by atoms with Crippen molar-refractivity contribution in [2.45, 2.75) is 6.92 Å². The Hall–Kier alpha value is -3.05. The monoisotopic (exact) mass is 349 g/mol. The van der Waals surface area contributed by atoms with Crippen LogP contribution in [-0.2, 0) is 0 Å². The van der Waals surface area contributed by atoms with E-state index in [1.165, 1.54) is 0 Å². The van der Waals surface area contributed by atoms with Gasteiger partial charge in [-0.05, 0) is 30.0 Å². The summed E-state index contributed by atoms with van der Waals surface area (Å²) in [4.78, 5) is 4.58. The Bertz CT molecular complexity index is 1070. The first kappa shape index (κ1) is 15.5. The number of hydrogen-bond acceptors (Lipinski definition) is 4. The van der Waals surface area contributed by atoms with Gasteiger partial charge in [0.2, 0.25) is 0 Å². The molecule has 4 rings (SSSR count). The molecule has 0 amide bonds. The summed E-state index contributed by atoms with van der Waals surface area (Å²) in [6.45, 7) is 1.94. The molecular formula is C19H16ClN5. The molecule has 0 aliphatic carbocycles. The Morgan fingerprint density at radius 3 is 2.56 bits per heavy atom. The van der Waals surface area contributed by atoms with Crippen molar-refractivity contribution in [3.05, 3.63) is 65.3 Å². The number of aromatic nitrogens is 3. The van der Waals surface area contributed by atoms with E-state index in [1.807, 2.05) is 61.5 Å². The first-order chi connectivity index (χ1) is 12.1. The summed E-state index contributed by atoms with van der Waals surface area (Å²) in [7, 11) is 0. The number of hydrogen-bond donors (Lipinski definition) is 3. The third-order valence-electron chi connectivity index (χ3n) is 4.01. The van der Waals surface area contributed by atoms with Gasteiger partial charge in [-0.15, -0.1) is 0 Å². The van der Waals surface area contributed by atoms with E-state index in [4.69, 9.17) is 17.3 Å². The molecule has 0 bridgehead atoms. The van der Waals surface area contributed by atoms with E-state index in [-0.39, 0.29) is 0 Å². The number of halogens is 1. The van der Waals surface area contributed by atoms with Crippen molar-refractivity contribution in [2.75, 3.05) is 11.1 Å². The summed E-state index contributed by atoms with van der Waals surface area (Å²) in [6, 6.07) is 17.5. The molecule has 0 radical (unpaired) electrons. The number of nitrogens with two attached hydrogens (primary N) is 1. The lowest BCUT2D eigenvalue weighted by Gasteiger charge is -2.15. The number of aryl methyl sites for hydroxylation is 1. The van der Waals surface area contributed by atoms with Crippen molar-refractivity contribution in [2.24, 2.45) is 0 Å². The summed E-state index contributed by atoms with van der Waals surface area (Å²) in [5.74, 6) is 1.80. The summed E-state index contributed by atoms with van der Waals surface area (Å²) in [6.07, 6.45) is 0.